The summed E-state index contributed by atoms with van der Waals surface area (Å²) < 4.78 is 11.0. The molecule has 0 saturated carbocycles. The van der Waals surface area contributed by atoms with Gasteiger partial charge >= 0.3 is 5.97 Å². The molecule has 2 aromatic carbocycles. The zero-order valence-corrected chi connectivity index (χ0v) is 23.8. The van der Waals surface area contributed by atoms with Crippen molar-refractivity contribution in [3.05, 3.63) is 65.0 Å². The van der Waals surface area contributed by atoms with Gasteiger partial charge in [-0.15, -0.1) is 0 Å². The van der Waals surface area contributed by atoms with E-state index in [0.29, 0.717) is 42.1 Å². The summed E-state index contributed by atoms with van der Waals surface area (Å²) in [6, 6.07) is 11.7. The van der Waals surface area contributed by atoms with Crippen LogP contribution in [0.4, 0.5) is 17.1 Å². The molecule has 1 N–H and O–H groups in total. The number of nitrogens with zero attached hydrogens (tertiary/aromatic N) is 4. The lowest BCUT2D eigenvalue weighted by atomic mass is 10.1. The Bertz CT molecular complexity index is 1440. The number of benzene rings is 2. The topological polar surface area (TPSA) is 130 Å². The first kappa shape index (κ1) is 30.2. The van der Waals surface area contributed by atoms with Crippen molar-refractivity contribution in [2.45, 2.75) is 38.9 Å². The zero-order valence-electron chi connectivity index (χ0n) is 23.8. The maximum atomic E-state index is 13.6. The smallest absolute Gasteiger partial charge is 0.303 e. The minimum atomic E-state index is -1.57. The van der Waals surface area contributed by atoms with E-state index in [4.69, 9.17) is 16.0 Å². The Balaban J connectivity index is 1.50. The molecule has 0 radical (unpaired) electrons. The number of hydrogen-bond acceptors (Lipinski definition) is 7. The number of aryl methyl sites for hydroxylation is 1. The quantitative estimate of drug-likeness (QED) is 0.376. The molecule has 2 aliphatic heterocycles. The Morgan fingerprint density at radius 1 is 1.14 bits per heavy atom. The zero-order chi connectivity index (χ0) is 30.4. The Kier molecular flexibility index (Phi) is 9.54. The lowest BCUT2D eigenvalue weighted by Crippen LogP contribution is -2.56. The number of rotatable bonds is 8. The molecule has 2 atom stereocenters. The number of nitrogens with one attached hydrogen (secondary N) is 1. The van der Waals surface area contributed by atoms with Gasteiger partial charge in [0.1, 0.15) is 0 Å². The molecule has 0 bridgehead atoms. The number of piperazine rings is 1. The maximum absolute atomic E-state index is 13.6. The summed E-state index contributed by atoms with van der Waals surface area (Å²) in [6.07, 6.45) is -2.34. The van der Waals surface area contributed by atoms with E-state index in [1.807, 2.05) is 6.92 Å². The third-order valence-electron chi connectivity index (χ3n) is 7.18. The fourth-order valence-corrected chi connectivity index (χ4v) is 4.87. The van der Waals surface area contributed by atoms with Gasteiger partial charge in [0, 0.05) is 45.0 Å². The normalized spacial score (nSPS) is 17.9. The number of anilines is 2. The fourth-order valence-electron chi connectivity index (χ4n) is 4.87. The highest BCUT2D eigenvalue weighted by atomic mass is 16.6. The van der Waals surface area contributed by atoms with Crippen molar-refractivity contribution < 1.29 is 33.4 Å². The lowest BCUT2D eigenvalue weighted by molar-refractivity contribution is -0.167. The van der Waals surface area contributed by atoms with Gasteiger partial charge in [0.25, 0.3) is 11.8 Å². The van der Waals surface area contributed by atoms with E-state index in [1.54, 1.807) is 54.4 Å². The van der Waals surface area contributed by atoms with Crippen LogP contribution in [-0.4, -0.2) is 91.4 Å². The number of amides is 4. The summed E-state index contributed by atoms with van der Waals surface area (Å²) in [4.78, 5) is 71.7. The monoisotopic (exact) mass is 575 g/mol. The van der Waals surface area contributed by atoms with Gasteiger partial charge in [-0.3, -0.25) is 24.0 Å². The molecular weight excluding hydrogens is 542 g/mol. The number of morpholine rings is 1. The van der Waals surface area contributed by atoms with Crippen molar-refractivity contribution in [3.63, 3.8) is 0 Å². The van der Waals surface area contributed by atoms with Crippen LogP contribution in [-0.2, 0) is 46.3 Å². The minimum absolute atomic E-state index is 0.0295. The molecule has 4 amide bonds. The van der Waals surface area contributed by atoms with Crippen molar-refractivity contribution in [2.75, 3.05) is 50.1 Å². The van der Waals surface area contributed by atoms with E-state index in [1.165, 1.54) is 9.80 Å². The average molecular weight is 576 g/mol. The largest absolute Gasteiger partial charge is 0.449 e. The molecule has 0 aromatic heterocycles. The van der Waals surface area contributed by atoms with Crippen LogP contribution in [0.1, 0.15) is 25.0 Å². The lowest BCUT2D eigenvalue weighted by Gasteiger charge is -2.35. The van der Waals surface area contributed by atoms with Gasteiger partial charge in [-0.2, -0.15) is 0 Å². The third kappa shape index (κ3) is 6.92. The van der Waals surface area contributed by atoms with Crippen molar-refractivity contribution in [3.8, 4) is 0 Å². The predicted molar refractivity (Wildman–Crippen MR) is 153 cm³/mol. The standard InChI is InChI=1S/C30H33N5O7/c1-5-21-17-22(9-10-24(21)31-3)32-29(39)27(42-19(2)36)28-30(40)35(13-14-41-28)23-8-6-7-20(15-23)16-25(37)34-12-11-33(4)26(38)18-34/h6-10,15,17,27-28H,5,11-14,16,18H2,1-2,4H3,(H,32,39)/t27-,28-/m1/s1. The Morgan fingerprint density at radius 2 is 1.93 bits per heavy atom. The number of likely N-dealkylation sites (N-methyl/N-ethyl adjacent to an activating group) is 1. The minimum Gasteiger partial charge on any atom is -0.449 e. The van der Waals surface area contributed by atoms with Crippen LogP contribution in [0.15, 0.2) is 42.5 Å². The number of carbonyl (C=O) groups excluding carboxylic acids is 5. The van der Waals surface area contributed by atoms with Crippen molar-refractivity contribution in [1.82, 2.24) is 9.80 Å². The van der Waals surface area contributed by atoms with E-state index in [-0.39, 0.29) is 37.9 Å². The van der Waals surface area contributed by atoms with Crippen LogP contribution >= 0.6 is 0 Å². The number of esters is 1. The molecule has 12 nitrogen and oxygen atoms in total. The molecule has 2 fully saturated rings. The predicted octanol–water partition coefficient (Wildman–Crippen LogP) is 1.95. The Morgan fingerprint density at radius 3 is 2.62 bits per heavy atom. The fraction of sp³-hybridized carbons (Fsp3) is 0.400. The van der Waals surface area contributed by atoms with Crippen LogP contribution < -0.4 is 10.2 Å². The SMILES string of the molecule is [C-]#[N+]c1ccc(NC(=O)[C@H](OC(C)=O)[C@H]2OCCN(c3cccc(CC(=O)N4CCN(C)C(=O)C4)c3)C2=O)cc1CC. The first-order chi connectivity index (χ1) is 20.1. The summed E-state index contributed by atoms with van der Waals surface area (Å²) >= 11 is 0. The molecule has 0 aliphatic carbocycles. The highest BCUT2D eigenvalue weighted by Gasteiger charge is 2.42. The molecule has 42 heavy (non-hydrogen) atoms. The van der Waals surface area contributed by atoms with Crippen molar-refractivity contribution in [1.29, 1.82) is 0 Å². The Labute approximate surface area is 244 Å². The molecule has 220 valence electrons. The van der Waals surface area contributed by atoms with Crippen molar-refractivity contribution in [2.24, 2.45) is 0 Å². The first-order valence-corrected chi connectivity index (χ1v) is 13.6. The number of hydrogen-bond donors (Lipinski definition) is 1. The van der Waals surface area contributed by atoms with Crippen LogP contribution in [0.2, 0.25) is 0 Å². The average Bonchev–Trinajstić information content (AvgIpc) is 2.97. The van der Waals surface area contributed by atoms with Crippen LogP contribution in [0.5, 0.6) is 0 Å². The van der Waals surface area contributed by atoms with Gasteiger partial charge in [0.2, 0.25) is 17.9 Å². The summed E-state index contributed by atoms with van der Waals surface area (Å²) in [5.41, 5.74) is 2.75. The highest BCUT2D eigenvalue weighted by Crippen LogP contribution is 2.26. The molecule has 2 saturated heterocycles. The second-order valence-corrected chi connectivity index (χ2v) is 10.1. The maximum Gasteiger partial charge on any atom is 0.303 e. The molecule has 4 rings (SSSR count). The van der Waals surface area contributed by atoms with Crippen LogP contribution in [0.25, 0.3) is 4.85 Å². The number of ether oxygens (including phenoxy) is 2. The molecule has 2 heterocycles. The van der Waals surface area contributed by atoms with Crippen molar-refractivity contribution >= 4 is 46.7 Å². The van der Waals surface area contributed by atoms with Crippen LogP contribution in [0.3, 0.4) is 0 Å². The third-order valence-corrected chi connectivity index (χ3v) is 7.18. The summed E-state index contributed by atoms with van der Waals surface area (Å²) in [7, 11) is 1.70. The van der Waals surface area contributed by atoms with E-state index >= 15 is 0 Å². The summed E-state index contributed by atoms with van der Waals surface area (Å²) in [5.74, 6) is -2.39. The molecule has 0 unspecified atom stereocenters. The van der Waals surface area contributed by atoms with Gasteiger partial charge in [-0.1, -0.05) is 25.1 Å². The molecular formula is C30H33N5O7. The van der Waals surface area contributed by atoms with E-state index in [2.05, 4.69) is 10.2 Å². The highest BCUT2D eigenvalue weighted by molar-refractivity contribution is 6.04. The van der Waals surface area contributed by atoms with E-state index < -0.39 is 30.0 Å². The van der Waals surface area contributed by atoms with Gasteiger partial charge in [-0.05, 0) is 41.8 Å². The molecule has 12 heteroatoms. The van der Waals surface area contributed by atoms with E-state index in [9.17, 15) is 24.0 Å². The summed E-state index contributed by atoms with van der Waals surface area (Å²) in [5, 5.41) is 2.67. The molecule has 2 aliphatic rings. The van der Waals surface area contributed by atoms with Gasteiger partial charge < -0.3 is 29.5 Å². The van der Waals surface area contributed by atoms with Gasteiger partial charge in [-0.25, -0.2) is 4.85 Å². The summed E-state index contributed by atoms with van der Waals surface area (Å²) in [6.45, 7) is 11.5. The second kappa shape index (κ2) is 13.3. The molecule has 0 spiro atoms. The Hall–Kier alpha value is -4.76. The van der Waals surface area contributed by atoms with E-state index in [0.717, 1.165) is 12.5 Å². The number of carbonyl (C=O) groups is 5. The second-order valence-electron chi connectivity index (χ2n) is 10.1. The first-order valence-electron chi connectivity index (χ1n) is 13.6. The van der Waals surface area contributed by atoms with Gasteiger partial charge in [0.15, 0.2) is 11.8 Å². The van der Waals surface area contributed by atoms with Gasteiger partial charge in [0.05, 0.1) is 26.1 Å². The molecule has 2 aromatic rings. The van der Waals surface area contributed by atoms with Crippen LogP contribution in [0, 0.1) is 6.57 Å².